The first kappa shape index (κ1) is 43.1. The first-order valence-corrected chi connectivity index (χ1v) is 26.9. The van der Waals surface area contributed by atoms with Gasteiger partial charge in [0.1, 0.15) is 0 Å². The summed E-state index contributed by atoms with van der Waals surface area (Å²) in [6.45, 7) is -0.0640. The summed E-state index contributed by atoms with van der Waals surface area (Å²) in [7, 11) is 0. The third-order valence-corrected chi connectivity index (χ3v) is 17.4. The van der Waals surface area contributed by atoms with E-state index >= 15 is 0 Å². The van der Waals surface area contributed by atoms with Gasteiger partial charge in [-0.05, 0) is 143 Å². The molecule has 0 amide bonds. The molecule has 0 aliphatic carbocycles. The van der Waals surface area contributed by atoms with Crippen LogP contribution in [0.15, 0.2) is 287 Å². The fraction of sp³-hybridized carbons (Fsp3) is 0. The fourth-order valence-electron chi connectivity index (χ4n) is 12.0. The molecule has 4 aliphatic heterocycles. The van der Waals surface area contributed by atoms with Gasteiger partial charge in [-0.1, -0.05) is 180 Å². The molecule has 8 heteroatoms. The predicted molar refractivity (Wildman–Crippen MR) is 316 cm³/mol. The minimum absolute atomic E-state index is 0.0320. The van der Waals surface area contributed by atoms with Crippen molar-refractivity contribution in [3.05, 3.63) is 267 Å². The summed E-state index contributed by atoms with van der Waals surface area (Å²) in [5, 5.41) is 0. The van der Waals surface area contributed by atoms with Gasteiger partial charge in [-0.15, -0.1) is 0 Å². The Morgan fingerprint density at radius 3 is 0.919 bits per heavy atom. The van der Waals surface area contributed by atoms with Gasteiger partial charge < -0.3 is 19.6 Å². The monoisotopic (exact) mass is 978 g/mol. The summed E-state index contributed by atoms with van der Waals surface area (Å²) in [5.41, 5.74) is 21.7. The van der Waals surface area contributed by atoms with Crippen LogP contribution in [0.5, 0.6) is 0 Å². The quantitative estimate of drug-likeness (QED) is 0.140. The maximum Gasteiger partial charge on any atom is 0.249 e. The molecular weight excluding hydrogens is 935 g/mol. The highest BCUT2D eigenvalue weighted by molar-refractivity contribution is 8.00. The van der Waals surface area contributed by atoms with E-state index in [2.05, 4.69) is 287 Å². The zero-order valence-electron chi connectivity index (χ0n) is 40.2. The second-order valence-electron chi connectivity index (χ2n) is 19.2. The molecule has 11 aromatic carbocycles. The number of benzene rings is 11. The molecule has 0 unspecified atom stereocenters. The Bertz CT molecular complexity index is 3600. The molecule has 0 N–H and O–H groups in total. The normalized spacial score (nSPS) is 13.2. The Balaban J connectivity index is 1.03. The van der Waals surface area contributed by atoms with Gasteiger partial charge in [0.05, 0.1) is 0 Å². The maximum absolute atomic E-state index is 2.58. The average Bonchev–Trinajstić information content (AvgIpc) is 3.55. The number of para-hydroxylation sites is 6. The van der Waals surface area contributed by atoms with Crippen LogP contribution in [0, 0.1) is 0 Å². The Morgan fingerprint density at radius 2 is 0.568 bits per heavy atom. The topological polar surface area (TPSA) is 13.0 Å². The van der Waals surface area contributed by atoms with Crippen molar-refractivity contribution in [2.45, 2.75) is 19.6 Å². The van der Waals surface area contributed by atoms with Crippen molar-refractivity contribution in [3.8, 4) is 0 Å². The number of hydrogen-bond donors (Lipinski definition) is 0. The van der Waals surface area contributed by atoms with E-state index in [0.29, 0.717) is 0 Å². The Labute approximate surface area is 441 Å². The molecule has 0 aromatic heterocycles. The molecule has 0 atom stereocenters. The van der Waals surface area contributed by atoms with E-state index in [1.54, 1.807) is 0 Å². The van der Waals surface area contributed by atoms with Gasteiger partial charge in [-0.25, -0.2) is 0 Å². The van der Waals surface area contributed by atoms with E-state index in [9.17, 15) is 0 Å². The summed E-state index contributed by atoms with van der Waals surface area (Å²) in [5.74, 6) is 0. The highest BCUT2D eigenvalue weighted by atomic mass is 32.2. The SMILES string of the molecule is c1ccc(N(c2ccccc2)c2cc3c4c(c2)N(c2ccccc2)c2cc5c(cc2B4c2ccccc2S3)N(c2ccccc2)c2cc(N(c3ccccc3)c3ccccc3)cc3c2B5c2ccccc2S3)cc1. The third-order valence-electron chi connectivity index (χ3n) is 15.1. The molecule has 15 rings (SSSR count). The minimum Gasteiger partial charge on any atom is -0.311 e. The van der Waals surface area contributed by atoms with E-state index in [0.717, 1.165) is 45.5 Å². The van der Waals surface area contributed by atoms with E-state index in [4.69, 9.17) is 0 Å². The Morgan fingerprint density at radius 1 is 0.257 bits per heavy atom. The van der Waals surface area contributed by atoms with E-state index in [1.807, 2.05) is 23.5 Å². The molecule has 4 aliphatic rings. The highest BCUT2D eigenvalue weighted by Crippen LogP contribution is 2.50. The van der Waals surface area contributed by atoms with Crippen LogP contribution in [-0.2, 0) is 0 Å². The Hall–Kier alpha value is -8.55. The van der Waals surface area contributed by atoms with Crippen LogP contribution >= 0.6 is 23.5 Å². The standard InChI is InChI=1S/C66H44B2N4S2/c1-7-23-45(24-8-1)69(46-25-9-2-10-26-46)51-39-59-65-63(41-51)73-61-37-21-19-35-53(61)67(65)55-44-58-56(43-57(55)71(59)49-31-15-5-16-32-49)68-54-36-20-22-38-62(54)74-64-42-52(40-60(66(64)68)72(58)50-33-17-6-18-34-50)70(47-27-11-3-12-28-47)48-29-13-4-14-30-48/h1-44H. The number of nitrogens with zero attached hydrogens (tertiary/aromatic N) is 4. The first-order chi connectivity index (χ1) is 36.7. The van der Waals surface area contributed by atoms with Crippen molar-refractivity contribution in [1.82, 2.24) is 0 Å². The number of hydrogen-bond acceptors (Lipinski definition) is 6. The van der Waals surface area contributed by atoms with Crippen LogP contribution in [0.4, 0.5) is 68.2 Å². The van der Waals surface area contributed by atoms with Gasteiger partial charge in [0.25, 0.3) is 0 Å². The average molecular weight is 979 g/mol. The number of rotatable bonds is 8. The van der Waals surface area contributed by atoms with Crippen molar-refractivity contribution in [3.63, 3.8) is 0 Å². The lowest BCUT2D eigenvalue weighted by Gasteiger charge is -2.45. The second kappa shape index (κ2) is 17.6. The fourth-order valence-corrected chi connectivity index (χ4v) is 14.4. The van der Waals surface area contributed by atoms with Crippen LogP contribution < -0.4 is 52.4 Å². The van der Waals surface area contributed by atoms with Gasteiger partial charge >= 0.3 is 0 Å². The summed E-state index contributed by atoms with van der Waals surface area (Å²) < 4.78 is 0. The van der Waals surface area contributed by atoms with E-state index < -0.39 is 0 Å². The van der Waals surface area contributed by atoms with Gasteiger partial charge in [0.2, 0.25) is 13.4 Å². The number of anilines is 12. The zero-order valence-corrected chi connectivity index (χ0v) is 41.8. The van der Waals surface area contributed by atoms with Crippen LogP contribution in [0.25, 0.3) is 0 Å². The molecule has 0 fully saturated rings. The van der Waals surface area contributed by atoms with Crippen molar-refractivity contribution in [2.24, 2.45) is 0 Å². The van der Waals surface area contributed by atoms with Crippen LogP contribution in [-0.4, -0.2) is 13.4 Å². The van der Waals surface area contributed by atoms with Crippen molar-refractivity contribution < 1.29 is 0 Å². The molecule has 4 nitrogen and oxygen atoms in total. The smallest absolute Gasteiger partial charge is 0.249 e. The van der Waals surface area contributed by atoms with Crippen molar-refractivity contribution in [1.29, 1.82) is 0 Å². The predicted octanol–water partition coefficient (Wildman–Crippen LogP) is 14.2. The summed E-state index contributed by atoms with van der Waals surface area (Å²) in [6.07, 6.45) is 0. The molecular formula is C66H44B2N4S2. The van der Waals surface area contributed by atoms with Crippen molar-refractivity contribution in [2.75, 3.05) is 19.6 Å². The second-order valence-corrected chi connectivity index (χ2v) is 21.4. The van der Waals surface area contributed by atoms with Gasteiger partial charge in [0.15, 0.2) is 0 Å². The molecule has 0 saturated heterocycles. The lowest BCUT2D eigenvalue weighted by atomic mass is 9.32. The summed E-state index contributed by atoms with van der Waals surface area (Å²) >= 11 is 3.79. The number of fused-ring (bicyclic) bond motifs is 8. The molecule has 4 heterocycles. The van der Waals surface area contributed by atoms with Gasteiger partial charge in [0, 0.05) is 87.8 Å². The molecule has 0 saturated carbocycles. The largest absolute Gasteiger partial charge is 0.311 e. The van der Waals surface area contributed by atoms with Crippen LogP contribution in [0.3, 0.4) is 0 Å². The minimum atomic E-state index is -0.0320. The molecule has 346 valence electrons. The molecule has 74 heavy (non-hydrogen) atoms. The molecule has 0 spiro atoms. The Kier molecular flexibility index (Phi) is 10.2. The van der Waals surface area contributed by atoms with Crippen LogP contribution in [0.2, 0.25) is 0 Å². The van der Waals surface area contributed by atoms with Crippen molar-refractivity contribution >= 4 is 138 Å². The maximum atomic E-state index is 2.58. The van der Waals surface area contributed by atoms with Crippen LogP contribution in [0.1, 0.15) is 0 Å². The lowest BCUT2D eigenvalue weighted by Crippen LogP contribution is -2.63. The summed E-state index contributed by atoms with van der Waals surface area (Å²) in [4.78, 5) is 15.1. The zero-order chi connectivity index (χ0) is 48.7. The van der Waals surface area contributed by atoms with Gasteiger partial charge in [-0.3, -0.25) is 0 Å². The van der Waals surface area contributed by atoms with Gasteiger partial charge in [-0.2, -0.15) is 0 Å². The highest BCUT2D eigenvalue weighted by Gasteiger charge is 2.46. The molecule has 0 bridgehead atoms. The first-order valence-electron chi connectivity index (χ1n) is 25.3. The van der Waals surface area contributed by atoms with E-state index in [-0.39, 0.29) is 13.4 Å². The molecule has 11 aromatic rings. The third kappa shape index (κ3) is 6.89. The van der Waals surface area contributed by atoms with E-state index in [1.165, 1.54) is 75.1 Å². The lowest BCUT2D eigenvalue weighted by molar-refractivity contribution is 1.22. The molecule has 0 radical (unpaired) electrons. The summed E-state index contributed by atoms with van der Waals surface area (Å²) in [6, 6.07) is 98.5.